The Morgan fingerprint density at radius 3 is 2.83 bits per heavy atom. The van der Waals surface area contributed by atoms with Gasteiger partial charge >= 0.3 is 5.97 Å². The number of nitrogens with zero attached hydrogens (tertiary/aromatic N) is 2. The van der Waals surface area contributed by atoms with Crippen LogP contribution in [0.15, 0.2) is 6.07 Å². The topological polar surface area (TPSA) is 93.6 Å². The Hall–Kier alpha value is -1.89. The summed E-state index contributed by atoms with van der Waals surface area (Å²) >= 11 is 0. The first-order valence-corrected chi connectivity index (χ1v) is 5.54. The van der Waals surface area contributed by atoms with Gasteiger partial charge in [0.05, 0.1) is 13.2 Å². The van der Waals surface area contributed by atoms with Crippen LogP contribution < -0.4 is 10.1 Å². The number of rotatable bonds is 7. The van der Waals surface area contributed by atoms with Gasteiger partial charge in [0.15, 0.2) is 6.10 Å². The van der Waals surface area contributed by atoms with Crippen LogP contribution >= 0.6 is 0 Å². The van der Waals surface area contributed by atoms with Gasteiger partial charge in [-0.1, -0.05) is 0 Å². The highest BCUT2D eigenvalue weighted by molar-refractivity contribution is 5.73. The number of carbonyl (C=O) groups is 1. The summed E-state index contributed by atoms with van der Waals surface area (Å²) in [6.07, 6.45) is -0.940. The van der Waals surface area contributed by atoms with E-state index < -0.39 is 12.1 Å². The summed E-state index contributed by atoms with van der Waals surface area (Å²) in [7, 11) is 1.34. The van der Waals surface area contributed by atoms with Crippen molar-refractivity contribution in [3.63, 3.8) is 0 Å². The molecule has 7 heteroatoms. The fraction of sp³-hybridized carbons (Fsp3) is 0.545. The molecule has 0 aliphatic carbocycles. The lowest BCUT2D eigenvalue weighted by Gasteiger charge is -2.12. The van der Waals surface area contributed by atoms with Gasteiger partial charge in [-0.2, -0.15) is 4.98 Å². The quantitative estimate of drug-likeness (QED) is 0.740. The number of aliphatic carboxylic acids is 1. The number of anilines is 1. The van der Waals surface area contributed by atoms with Gasteiger partial charge < -0.3 is 19.9 Å². The number of hydrogen-bond acceptors (Lipinski definition) is 6. The lowest BCUT2D eigenvalue weighted by atomic mass is 10.3. The second-order valence-corrected chi connectivity index (χ2v) is 3.55. The zero-order valence-electron chi connectivity index (χ0n) is 10.6. The van der Waals surface area contributed by atoms with Gasteiger partial charge in [-0.3, -0.25) is 0 Å². The molecule has 7 nitrogen and oxygen atoms in total. The molecule has 1 unspecified atom stereocenters. The van der Waals surface area contributed by atoms with Crippen molar-refractivity contribution in [2.75, 3.05) is 25.6 Å². The van der Waals surface area contributed by atoms with Crippen molar-refractivity contribution in [1.82, 2.24) is 9.97 Å². The standard InChI is InChI=1S/C11H17N3O4/c1-4-18-9-5-7(2)13-11(14-9)12-6-8(17-3)10(15)16/h5,8H,4,6H2,1-3H3,(H,15,16)(H,12,13,14). The minimum absolute atomic E-state index is 0.0842. The summed E-state index contributed by atoms with van der Waals surface area (Å²) in [6.45, 7) is 4.25. The SMILES string of the molecule is CCOc1cc(C)nc(NCC(OC)C(=O)O)n1. The summed E-state index contributed by atoms with van der Waals surface area (Å²) in [5, 5.41) is 11.6. The Bertz CT molecular complexity index is 411. The smallest absolute Gasteiger partial charge is 0.334 e. The van der Waals surface area contributed by atoms with E-state index in [0.717, 1.165) is 5.69 Å². The van der Waals surface area contributed by atoms with Crippen molar-refractivity contribution < 1.29 is 19.4 Å². The maximum atomic E-state index is 10.8. The van der Waals surface area contributed by atoms with Crippen LogP contribution in [0.3, 0.4) is 0 Å². The predicted molar refractivity (Wildman–Crippen MR) is 64.9 cm³/mol. The van der Waals surface area contributed by atoms with E-state index in [1.54, 1.807) is 13.0 Å². The van der Waals surface area contributed by atoms with E-state index in [-0.39, 0.29) is 6.54 Å². The first kappa shape index (κ1) is 14.2. The number of ether oxygens (including phenoxy) is 2. The van der Waals surface area contributed by atoms with Crippen LogP contribution in [0.5, 0.6) is 5.88 Å². The molecule has 1 atom stereocenters. The van der Waals surface area contributed by atoms with Gasteiger partial charge in [0.2, 0.25) is 11.8 Å². The summed E-state index contributed by atoms with van der Waals surface area (Å²) in [6, 6.07) is 1.71. The van der Waals surface area contributed by atoms with Gasteiger partial charge in [-0.15, -0.1) is 0 Å². The van der Waals surface area contributed by atoms with Crippen LogP contribution in [-0.4, -0.2) is 47.4 Å². The third-order valence-corrected chi connectivity index (χ3v) is 2.13. The molecular weight excluding hydrogens is 238 g/mol. The molecule has 0 bridgehead atoms. The lowest BCUT2D eigenvalue weighted by molar-refractivity contribution is -0.147. The highest BCUT2D eigenvalue weighted by Crippen LogP contribution is 2.11. The van der Waals surface area contributed by atoms with Crippen LogP contribution in [-0.2, 0) is 9.53 Å². The van der Waals surface area contributed by atoms with E-state index in [1.807, 2.05) is 6.92 Å². The van der Waals surface area contributed by atoms with Gasteiger partial charge in [-0.25, -0.2) is 9.78 Å². The molecule has 2 N–H and O–H groups in total. The summed E-state index contributed by atoms with van der Waals surface area (Å²) in [5.41, 5.74) is 0.736. The fourth-order valence-electron chi connectivity index (χ4n) is 1.30. The van der Waals surface area contributed by atoms with E-state index >= 15 is 0 Å². The second-order valence-electron chi connectivity index (χ2n) is 3.55. The minimum atomic E-state index is -1.04. The number of aryl methyl sites for hydroxylation is 1. The van der Waals surface area contributed by atoms with Crippen LogP contribution in [0.25, 0.3) is 0 Å². The molecule has 0 aromatic carbocycles. The molecule has 1 heterocycles. The minimum Gasteiger partial charge on any atom is -0.479 e. The van der Waals surface area contributed by atoms with Crippen molar-refractivity contribution >= 4 is 11.9 Å². The molecule has 0 spiro atoms. The molecule has 1 rings (SSSR count). The molecule has 1 aromatic rings. The van der Waals surface area contributed by atoms with Crippen LogP contribution in [0.4, 0.5) is 5.95 Å². The van der Waals surface area contributed by atoms with Gasteiger partial charge in [0.25, 0.3) is 0 Å². The molecule has 0 fully saturated rings. The normalized spacial score (nSPS) is 11.9. The predicted octanol–water partition coefficient (Wildman–Crippen LogP) is 0.695. The lowest BCUT2D eigenvalue weighted by Crippen LogP contribution is -2.30. The molecule has 100 valence electrons. The number of hydrogen-bond donors (Lipinski definition) is 2. The second kappa shape index (κ2) is 6.75. The molecule has 1 aromatic heterocycles. The van der Waals surface area contributed by atoms with Gasteiger partial charge in [0.1, 0.15) is 0 Å². The maximum Gasteiger partial charge on any atom is 0.334 e. The zero-order valence-corrected chi connectivity index (χ0v) is 10.6. The van der Waals surface area contributed by atoms with E-state index in [0.29, 0.717) is 18.4 Å². The highest BCUT2D eigenvalue weighted by atomic mass is 16.5. The molecular formula is C11H17N3O4. The molecule has 0 saturated carbocycles. The van der Waals surface area contributed by atoms with Crippen LogP contribution in [0.2, 0.25) is 0 Å². The van der Waals surface area contributed by atoms with Crippen molar-refractivity contribution in [2.45, 2.75) is 20.0 Å². The average Bonchev–Trinajstić information content (AvgIpc) is 2.29. The Labute approximate surface area is 105 Å². The monoisotopic (exact) mass is 255 g/mol. The van der Waals surface area contributed by atoms with E-state index in [2.05, 4.69) is 15.3 Å². The van der Waals surface area contributed by atoms with Crippen molar-refractivity contribution in [1.29, 1.82) is 0 Å². The highest BCUT2D eigenvalue weighted by Gasteiger charge is 2.16. The number of carboxylic acids is 1. The summed E-state index contributed by atoms with van der Waals surface area (Å²) in [4.78, 5) is 19.0. The van der Waals surface area contributed by atoms with Crippen LogP contribution in [0.1, 0.15) is 12.6 Å². The third kappa shape index (κ3) is 4.17. The third-order valence-electron chi connectivity index (χ3n) is 2.13. The van der Waals surface area contributed by atoms with Crippen LogP contribution in [0, 0.1) is 6.92 Å². The summed E-state index contributed by atoms with van der Waals surface area (Å²) in [5.74, 6) is -0.263. The molecule has 0 aliphatic heterocycles. The van der Waals surface area contributed by atoms with Crippen molar-refractivity contribution in [2.24, 2.45) is 0 Å². The maximum absolute atomic E-state index is 10.8. The average molecular weight is 255 g/mol. The molecule has 0 amide bonds. The number of nitrogens with one attached hydrogen (secondary N) is 1. The molecule has 0 aliphatic rings. The summed E-state index contributed by atoms with van der Waals surface area (Å²) < 4.78 is 10.1. The number of carboxylic acid groups (broad SMARTS) is 1. The van der Waals surface area contributed by atoms with E-state index in [1.165, 1.54) is 7.11 Å². The van der Waals surface area contributed by atoms with E-state index in [9.17, 15) is 4.79 Å². The Balaban J connectivity index is 2.69. The first-order valence-electron chi connectivity index (χ1n) is 5.54. The van der Waals surface area contributed by atoms with Crippen molar-refractivity contribution in [3.05, 3.63) is 11.8 Å². The largest absolute Gasteiger partial charge is 0.479 e. The Kier molecular flexibility index (Phi) is 5.31. The van der Waals surface area contributed by atoms with E-state index in [4.69, 9.17) is 14.6 Å². The van der Waals surface area contributed by atoms with Gasteiger partial charge in [0, 0.05) is 18.9 Å². The first-order chi connectivity index (χ1) is 8.56. The number of methoxy groups -OCH3 is 1. The Morgan fingerprint density at radius 1 is 1.56 bits per heavy atom. The fourth-order valence-corrected chi connectivity index (χ4v) is 1.30. The molecule has 0 saturated heterocycles. The molecule has 18 heavy (non-hydrogen) atoms. The number of aromatic nitrogens is 2. The Morgan fingerprint density at radius 2 is 2.28 bits per heavy atom. The zero-order chi connectivity index (χ0) is 13.5. The van der Waals surface area contributed by atoms with Gasteiger partial charge in [-0.05, 0) is 13.8 Å². The molecule has 0 radical (unpaired) electrons. The van der Waals surface area contributed by atoms with Crippen molar-refractivity contribution in [3.8, 4) is 5.88 Å².